The van der Waals surface area contributed by atoms with Crippen molar-refractivity contribution in [3.63, 3.8) is 0 Å². The molecule has 1 aliphatic carbocycles. The molecule has 0 saturated heterocycles. The largest absolute Gasteiger partial charge is 0.489 e. The van der Waals surface area contributed by atoms with Gasteiger partial charge in [0.1, 0.15) is 23.8 Å². The summed E-state index contributed by atoms with van der Waals surface area (Å²) in [6.07, 6.45) is 0.942. The highest BCUT2D eigenvalue weighted by atomic mass is 35.5. The Morgan fingerprint density at radius 1 is 1.06 bits per heavy atom. The molecule has 0 bridgehead atoms. The smallest absolute Gasteiger partial charge is 0.326 e. The highest BCUT2D eigenvalue weighted by molar-refractivity contribution is 6.35. The minimum Gasteiger partial charge on any atom is -0.489 e. The van der Waals surface area contributed by atoms with Crippen LogP contribution >= 0.6 is 23.2 Å². The van der Waals surface area contributed by atoms with Crippen LogP contribution in [0.5, 0.6) is 5.75 Å². The zero-order chi connectivity index (χ0) is 24.9. The quantitative estimate of drug-likeness (QED) is 0.442. The van der Waals surface area contributed by atoms with E-state index in [0.29, 0.717) is 52.9 Å². The van der Waals surface area contributed by atoms with Crippen LogP contribution in [0.25, 0.3) is 0 Å². The fraction of sp³-hybridized carbons (Fsp3) is 0.400. The number of amides is 2. The molecule has 0 aromatic heterocycles. The van der Waals surface area contributed by atoms with Crippen LogP contribution in [0.15, 0.2) is 42.5 Å². The molecular formula is C25H28Cl2N2O5. The summed E-state index contributed by atoms with van der Waals surface area (Å²) in [5.74, 6) is -1.35. The number of nitrogens with one attached hydrogen (secondary N) is 1. The number of ether oxygens (including phenoxy) is 1. The Morgan fingerprint density at radius 3 is 2.15 bits per heavy atom. The lowest BCUT2D eigenvalue weighted by atomic mass is 10.0. The Hall–Kier alpha value is -2.77. The molecule has 0 heterocycles. The molecule has 9 heteroatoms. The van der Waals surface area contributed by atoms with Crippen LogP contribution < -0.4 is 10.1 Å². The van der Waals surface area contributed by atoms with Crippen LogP contribution in [0.4, 0.5) is 0 Å². The monoisotopic (exact) mass is 506 g/mol. The van der Waals surface area contributed by atoms with Gasteiger partial charge in [-0.15, -0.1) is 0 Å². The summed E-state index contributed by atoms with van der Waals surface area (Å²) < 4.78 is 5.75. The van der Waals surface area contributed by atoms with E-state index in [1.54, 1.807) is 47.4 Å². The second-order valence-electron chi connectivity index (χ2n) is 8.26. The van der Waals surface area contributed by atoms with Gasteiger partial charge in [0, 0.05) is 35.1 Å². The minimum atomic E-state index is -1.16. The van der Waals surface area contributed by atoms with Crippen LogP contribution in [0, 0.1) is 5.41 Å². The van der Waals surface area contributed by atoms with Gasteiger partial charge in [-0.3, -0.25) is 9.59 Å². The van der Waals surface area contributed by atoms with Crippen molar-refractivity contribution in [1.29, 1.82) is 0 Å². The van der Waals surface area contributed by atoms with Crippen LogP contribution in [0.2, 0.25) is 10.0 Å². The number of carbonyl (C=O) groups excluding carboxylic acids is 2. The van der Waals surface area contributed by atoms with Gasteiger partial charge in [0.05, 0.1) is 0 Å². The molecule has 3 rings (SSSR count). The summed E-state index contributed by atoms with van der Waals surface area (Å²) >= 11 is 12.3. The maximum atomic E-state index is 12.9. The number of rotatable bonds is 11. The van der Waals surface area contributed by atoms with Crippen molar-refractivity contribution >= 4 is 41.0 Å². The number of carboxylic acids is 1. The lowest BCUT2D eigenvalue weighted by Gasteiger charge is -2.25. The van der Waals surface area contributed by atoms with Gasteiger partial charge in [0.2, 0.25) is 11.8 Å². The molecular weight excluding hydrogens is 479 g/mol. The Kier molecular flexibility index (Phi) is 8.44. The van der Waals surface area contributed by atoms with Crippen molar-refractivity contribution in [2.75, 3.05) is 13.1 Å². The first kappa shape index (κ1) is 25.8. The summed E-state index contributed by atoms with van der Waals surface area (Å²) in [6.45, 7) is 4.90. The molecule has 182 valence electrons. The average Bonchev–Trinajstić information content (AvgIpc) is 3.62. The van der Waals surface area contributed by atoms with Crippen LogP contribution in [-0.4, -0.2) is 46.9 Å². The highest BCUT2D eigenvalue weighted by Crippen LogP contribution is 2.47. The summed E-state index contributed by atoms with van der Waals surface area (Å²) in [6, 6.07) is 11.0. The van der Waals surface area contributed by atoms with E-state index in [1.165, 1.54) is 0 Å². The van der Waals surface area contributed by atoms with Crippen molar-refractivity contribution in [2.45, 2.75) is 45.8 Å². The van der Waals surface area contributed by atoms with E-state index in [9.17, 15) is 19.5 Å². The normalized spacial score (nSPS) is 14.7. The van der Waals surface area contributed by atoms with Gasteiger partial charge in [-0.2, -0.15) is 0 Å². The molecule has 34 heavy (non-hydrogen) atoms. The predicted octanol–water partition coefficient (Wildman–Crippen LogP) is 4.33. The summed E-state index contributed by atoms with van der Waals surface area (Å²) in [5, 5.41) is 13.3. The van der Waals surface area contributed by atoms with Gasteiger partial charge in [-0.05, 0) is 56.5 Å². The fourth-order valence-electron chi connectivity index (χ4n) is 3.76. The topological polar surface area (TPSA) is 95.9 Å². The molecule has 2 aromatic rings. The number of nitrogens with zero attached hydrogens (tertiary/aromatic N) is 1. The number of benzene rings is 2. The van der Waals surface area contributed by atoms with Gasteiger partial charge in [-0.1, -0.05) is 41.4 Å². The van der Waals surface area contributed by atoms with Crippen LogP contribution in [0.3, 0.4) is 0 Å². The Bertz CT molecular complexity index is 1030. The minimum absolute atomic E-state index is 0.0766. The van der Waals surface area contributed by atoms with E-state index in [1.807, 2.05) is 13.8 Å². The molecule has 1 saturated carbocycles. The number of aliphatic carboxylic acids is 1. The summed E-state index contributed by atoms with van der Waals surface area (Å²) in [5.41, 5.74) is 0.241. The molecule has 0 aliphatic heterocycles. The SMILES string of the molecule is CCN(CC)C(=O)C1(C(=O)N[C@@H](Cc2ccc(OCc3c(Cl)cccc3Cl)cc2)C(=O)O)CC1. The number of halogens is 2. The molecule has 1 atom stereocenters. The third kappa shape index (κ3) is 5.83. The molecule has 1 aliphatic rings. The predicted molar refractivity (Wildman–Crippen MR) is 130 cm³/mol. The first-order chi connectivity index (χ1) is 16.2. The first-order valence-electron chi connectivity index (χ1n) is 11.2. The molecule has 0 unspecified atom stereocenters. The van der Waals surface area contributed by atoms with Crippen molar-refractivity contribution < 1.29 is 24.2 Å². The van der Waals surface area contributed by atoms with E-state index in [2.05, 4.69) is 5.32 Å². The van der Waals surface area contributed by atoms with E-state index >= 15 is 0 Å². The van der Waals surface area contributed by atoms with Crippen LogP contribution in [0.1, 0.15) is 37.8 Å². The summed E-state index contributed by atoms with van der Waals surface area (Å²) in [4.78, 5) is 39.1. The van der Waals surface area contributed by atoms with Gasteiger partial charge in [0.15, 0.2) is 0 Å². The molecule has 7 nitrogen and oxygen atoms in total. The van der Waals surface area contributed by atoms with Gasteiger partial charge in [0.25, 0.3) is 0 Å². The van der Waals surface area contributed by atoms with E-state index in [-0.39, 0.29) is 18.9 Å². The number of carboxylic acid groups (broad SMARTS) is 1. The fourth-order valence-corrected chi connectivity index (χ4v) is 4.26. The Labute approximate surface area is 209 Å². The molecule has 0 radical (unpaired) electrons. The zero-order valence-electron chi connectivity index (χ0n) is 19.1. The molecule has 2 aromatic carbocycles. The molecule has 2 amide bonds. The van der Waals surface area contributed by atoms with Crippen molar-refractivity contribution in [2.24, 2.45) is 5.41 Å². The number of hydrogen-bond acceptors (Lipinski definition) is 4. The van der Waals surface area contributed by atoms with E-state index < -0.39 is 23.3 Å². The standard InChI is InChI=1S/C25H28Cl2N2O5/c1-3-29(4-2)24(33)25(12-13-25)23(32)28-21(22(30)31)14-16-8-10-17(11-9-16)34-15-18-19(26)6-5-7-20(18)27/h5-11,21H,3-4,12-15H2,1-2H3,(H,28,32)(H,30,31)/t21-/m0/s1. The zero-order valence-corrected chi connectivity index (χ0v) is 20.7. The Balaban J connectivity index is 1.62. The summed E-state index contributed by atoms with van der Waals surface area (Å²) in [7, 11) is 0. The van der Waals surface area contributed by atoms with Crippen molar-refractivity contribution in [3.8, 4) is 5.75 Å². The lowest BCUT2D eigenvalue weighted by Crippen LogP contribution is -2.50. The van der Waals surface area contributed by atoms with Crippen molar-refractivity contribution in [1.82, 2.24) is 10.2 Å². The number of carbonyl (C=O) groups is 3. The van der Waals surface area contributed by atoms with Gasteiger partial charge < -0.3 is 20.1 Å². The average molecular weight is 507 g/mol. The third-order valence-electron chi connectivity index (χ3n) is 6.06. The molecule has 1 fully saturated rings. The highest BCUT2D eigenvalue weighted by Gasteiger charge is 2.58. The maximum absolute atomic E-state index is 12.9. The van der Waals surface area contributed by atoms with E-state index in [4.69, 9.17) is 27.9 Å². The van der Waals surface area contributed by atoms with Gasteiger partial charge in [-0.25, -0.2) is 4.79 Å². The van der Waals surface area contributed by atoms with Crippen molar-refractivity contribution in [3.05, 3.63) is 63.6 Å². The molecule has 2 N–H and O–H groups in total. The second-order valence-corrected chi connectivity index (χ2v) is 9.08. The number of hydrogen-bond donors (Lipinski definition) is 2. The van der Waals surface area contributed by atoms with Crippen LogP contribution in [-0.2, 0) is 27.4 Å². The second kappa shape index (κ2) is 11.1. The third-order valence-corrected chi connectivity index (χ3v) is 6.76. The molecule has 0 spiro atoms. The van der Waals surface area contributed by atoms with Gasteiger partial charge >= 0.3 is 5.97 Å². The lowest BCUT2D eigenvalue weighted by molar-refractivity contribution is -0.148. The first-order valence-corrected chi connectivity index (χ1v) is 11.9. The van der Waals surface area contributed by atoms with E-state index in [0.717, 1.165) is 0 Å². The maximum Gasteiger partial charge on any atom is 0.326 e. The Morgan fingerprint density at radius 2 is 1.65 bits per heavy atom.